The standard InChI is InChI=1S/C18H16Cl2NO5P/c1-25-27(23,24)10-21-11-8-14(19)18(15(20)9-11)26-17-7-6-16(22)12-4-2-3-5-13(12)17/h2-9,21-22H,10H2,1H3,(H,23,24). The highest BCUT2D eigenvalue weighted by Crippen LogP contribution is 2.43. The molecule has 1 atom stereocenters. The summed E-state index contributed by atoms with van der Waals surface area (Å²) in [6, 6.07) is 13.4. The number of halogens is 2. The van der Waals surface area contributed by atoms with Crippen LogP contribution in [0.4, 0.5) is 5.69 Å². The Bertz CT molecular complexity index is 1020. The van der Waals surface area contributed by atoms with Gasteiger partial charge in [-0.05, 0) is 24.3 Å². The molecule has 0 bridgehead atoms. The van der Waals surface area contributed by atoms with E-state index in [1.165, 1.54) is 18.2 Å². The molecule has 0 heterocycles. The molecule has 0 spiro atoms. The lowest BCUT2D eigenvalue weighted by Gasteiger charge is -2.15. The Morgan fingerprint density at radius 3 is 2.33 bits per heavy atom. The normalized spacial score (nSPS) is 13.3. The van der Waals surface area contributed by atoms with Crippen LogP contribution in [0.15, 0.2) is 48.5 Å². The molecule has 0 aromatic heterocycles. The van der Waals surface area contributed by atoms with Gasteiger partial charge in [-0.1, -0.05) is 47.5 Å². The fourth-order valence-electron chi connectivity index (χ4n) is 2.47. The summed E-state index contributed by atoms with van der Waals surface area (Å²) in [5.41, 5.74) is 0.444. The molecule has 0 amide bonds. The summed E-state index contributed by atoms with van der Waals surface area (Å²) in [5.74, 6) is 0.854. The number of phenolic OH excluding ortho intramolecular Hbond substituents is 1. The summed E-state index contributed by atoms with van der Waals surface area (Å²) in [7, 11) is -2.57. The quantitative estimate of drug-likeness (QED) is 0.427. The topological polar surface area (TPSA) is 88.0 Å². The second-order valence-electron chi connectivity index (χ2n) is 5.65. The largest absolute Gasteiger partial charge is 0.507 e. The highest BCUT2D eigenvalue weighted by atomic mass is 35.5. The zero-order chi connectivity index (χ0) is 19.6. The van der Waals surface area contributed by atoms with E-state index in [4.69, 9.17) is 27.9 Å². The van der Waals surface area contributed by atoms with Crippen LogP contribution in [0.1, 0.15) is 0 Å². The molecule has 3 rings (SSSR count). The van der Waals surface area contributed by atoms with Crippen molar-refractivity contribution in [2.45, 2.75) is 0 Å². The minimum absolute atomic E-state index is 0.140. The number of anilines is 1. The first-order valence-electron chi connectivity index (χ1n) is 7.80. The van der Waals surface area contributed by atoms with Crippen molar-refractivity contribution in [2.75, 3.05) is 18.7 Å². The summed E-state index contributed by atoms with van der Waals surface area (Å²) in [6.45, 7) is 0. The number of benzene rings is 3. The van der Waals surface area contributed by atoms with Crippen LogP contribution in [0.3, 0.4) is 0 Å². The van der Waals surface area contributed by atoms with Gasteiger partial charge in [0.05, 0.1) is 10.0 Å². The van der Waals surface area contributed by atoms with Crippen molar-refractivity contribution in [1.29, 1.82) is 0 Å². The molecule has 1 unspecified atom stereocenters. The Kier molecular flexibility index (Phi) is 5.84. The fourth-order valence-corrected chi connectivity index (χ4v) is 3.55. The summed E-state index contributed by atoms with van der Waals surface area (Å²) < 4.78 is 22.0. The van der Waals surface area contributed by atoms with E-state index in [1.54, 1.807) is 12.1 Å². The maximum absolute atomic E-state index is 11.5. The third-order valence-corrected chi connectivity index (χ3v) is 5.53. The number of hydrogen-bond donors (Lipinski definition) is 3. The van der Waals surface area contributed by atoms with Crippen molar-refractivity contribution in [2.24, 2.45) is 0 Å². The Balaban J connectivity index is 1.91. The minimum Gasteiger partial charge on any atom is -0.507 e. The third-order valence-electron chi connectivity index (χ3n) is 3.84. The predicted octanol–water partition coefficient (Wildman–Crippen LogP) is 5.85. The van der Waals surface area contributed by atoms with Crippen molar-refractivity contribution in [3.05, 3.63) is 58.6 Å². The first kappa shape index (κ1) is 19.8. The Labute approximate surface area is 165 Å². The lowest BCUT2D eigenvalue weighted by Crippen LogP contribution is -2.03. The SMILES string of the molecule is COP(=O)(O)CNc1cc(Cl)c(Oc2ccc(O)c3ccccc23)c(Cl)c1. The molecular formula is C18H16Cl2NO5P. The summed E-state index contributed by atoms with van der Waals surface area (Å²) in [4.78, 5) is 9.46. The molecule has 0 aliphatic carbocycles. The third kappa shape index (κ3) is 4.49. The molecule has 6 nitrogen and oxygen atoms in total. The van der Waals surface area contributed by atoms with Crippen molar-refractivity contribution in [3.8, 4) is 17.2 Å². The number of ether oxygens (including phenoxy) is 1. The molecule has 3 N–H and O–H groups in total. The van der Waals surface area contributed by atoms with E-state index in [1.807, 2.05) is 18.2 Å². The number of hydrogen-bond acceptors (Lipinski definition) is 5. The van der Waals surface area contributed by atoms with E-state index in [2.05, 4.69) is 9.84 Å². The first-order valence-corrected chi connectivity index (χ1v) is 10.3. The second-order valence-corrected chi connectivity index (χ2v) is 8.43. The van der Waals surface area contributed by atoms with Crippen LogP contribution in [-0.2, 0) is 9.09 Å². The van der Waals surface area contributed by atoms with Crippen LogP contribution in [-0.4, -0.2) is 23.4 Å². The Hall–Kier alpha value is -1.95. The molecule has 0 aliphatic heterocycles. The van der Waals surface area contributed by atoms with E-state index >= 15 is 0 Å². The van der Waals surface area contributed by atoms with E-state index in [-0.39, 0.29) is 27.8 Å². The molecule has 9 heteroatoms. The van der Waals surface area contributed by atoms with Gasteiger partial charge in [-0.2, -0.15) is 0 Å². The van der Waals surface area contributed by atoms with Gasteiger partial charge in [-0.25, -0.2) is 0 Å². The molecule has 0 saturated heterocycles. The summed E-state index contributed by atoms with van der Waals surface area (Å²) >= 11 is 12.6. The van der Waals surface area contributed by atoms with Crippen LogP contribution in [0, 0.1) is 0 Å². The summed E-state index contributed by atoms with van der Waals surface area (Å²) in [5, 5.41) is 14.5. The van der Waals surface area contributed by atoms with Gasteiger partial charge >= 0.3 is 7.60 Å². The van der Waals surface area contributed by atoms with Crippen molar-refractivity contribution < 1.29 is 23.8 Å². The molecular weight excluding hydrogens is 412 g/mol. The Morgan fingerprint density at radius 2 is 1.70 bits per heavy atom. The van der Waals surface area contributed by atoms with E-state index < -0.39 is 7.60 Å². The molecule has 0 fully saturated rings. The summed E-state index contributed by atoms with van der Waals surface area (Å²) in [6.07, 6.45) is -0.293. The second kappa shape index (κ2) is 7.97. The molecule has 0 aliphatic rings. The number of nitrogens with one attached hydrogen (secondary N) is 1. The van der Waals surface area contributed by atoms with Crippen molar-refractivity contribution in [1.82, 2.24) is 0 Å². The minimum atomic E-state index is -3.72. The van der Waals surface area contributed by atoms with Gasteiger partial charge in [0.2, 0.25) is 0 Å². The van der Waals surface area contributed by atoms with Gasteiger partial charge in [0, 0.05) is 23.6 Å². The lowest BCUT2D eigenvalue weighted by molar-refractivity contribution is 0.318. The van der Waals surface area contributed by atoms with Crippen LogP contribution in [0.25, 0.3) is 10.8 Å². The number of rotatable bonds is 6. The van der Waals surface area contributed by atoms with Gasteiger partial charge in [0.15, 0.2) is 5.75 Å². The lowest BCUT2D eigenvalue weighted by atomic mass is 10.1. The Morgan fingerprint density at radius 1 is 1.07 bits per heavy atom. The van der Waals surface area contributed by atoms with E-state index in [9.17, 15) is 14.6 Å². The number of phenols is 1. The number of aromatic hydroxyl groups is 1. The average Bonchev–Trinajstić information content (AvgIpc) is 2.65. The van der Waals surface area contributed by atoms with Crippen LogP contribution in [0.5, 0.6) is 17.2 Å². The highest BCUT2D eigenvalue weighted by Gasteiger charge is 2.18. The molecule has 3 aromatic carbocycles. The number of fused-ring (bicyclic) bond motifs is 1. The van der Waals surface area contributed by atoms with E-state index in [0.29, 0.717) is 22.2 Å². The predicted molar refractivity (Wildman–Crippen MR) is 107 cm³/mol. The molecule has 27 heavy (non-hydrogen) atoms. The van der Waals surface area contributed by atoms with Gasteiger partial charge in [-0.3, -0.25) is 4.57 Å². The van der Waals surface area contributed by atoms with Crippen LogP contribution in [0.2, 0.25) is 10.0 Å². The smallest absolute Gasteiger partial charge is 0.346 e. The van der Waals surface area contributed by atoms with Crippen molar-refractivity contribution in [3.63, 3.8) is 0 Å². The van der Waals surface area contributed by atoms with Gasteiger partial charge < -0.3 is 24.6 Å². The maximum atomic E-state index is 11.5. The van der Waals surface area contributed by atoms with Crippen LogP contribution >= 0.6 is 30.8 Å². The molecule has 0 radical (unpaired) electrons. The van der Waals surface area contributed by atoms with Crippen LogP contribution < -0.4 is 10.1 Å². The first-order chi connectivity index (χ1) is 12.8. The van der Waals surface area contributed by atoms with E-state index in [0.717, 1.165) is 7.11 Å². The highest BCUT2D eigenvalue weighted by molar-refractivity contribution is 7.52. The zero-order valence-electron chi connectivity index (χ0n) is 14.1. The maximum Gasteiger partial charge on any atom is 0.346 e. The average molecular weight is 428 g/mol. The van der Waals surface area contributed by atoms with Crippen molar-refractivity contribution >= 4 is 47.3 Å². The van der Waals surface area contributed by atoms with Gasteiger partial charge in [0.25, 0.3) is 0 Å². The van der Waals surface area contributed by atoms with Gasteiger partial charge in [-0.15, -0.1) is 0 Å². The fraction of sp³-hybridized carbons (Fsp3) is 0.111. The molecule has 142 valence electrons. The monoisotopic (exact) mass is 427 g/mol. The zero-order valence-corrected chi connectivity index (χ0v) is 16.6. The van der Waals surface area contributed by atoms with Gasteiger partial charge in [0.1, 0.15) is 17.8 Å². The molecule has 3 aromatic rings. The molecule has 0 saturated carbocycles.